The van der Waals surface area contributed by atoms with Crippen molar-refractivity contribution in [2.45, 2.75) is 26.9 Å². The van der Waals surface area contributed by atoms with Crippen LogP contribution in [0, 0.1) is 11.8 Å². The van der Waals surface area contributed by atoms with E-state index < -0.39 is 35.1 Å². The molecule has 1 amide bonds. The Kier molecular flexibility index (Phi) is 4.98. The van der Waals surface area contributed by atoms with E-state index in [1.165, 1.54) is 0 Å². The lowest BCUT2D eigenvalue weighted by atomic mass is 9.97. The molecule has 0 bridgehead atoms. The molecule has 0 aliphatic carbocycles. The maximum Gasteiger partial charge on any atom is 0.416 e. The van der Waals surface area contributed by atoms with Crippen LogP contribution in [0.2, 0.25) is 0 Å². The normalized spacial score (nSPS) is 13.1. The van der Waals surface area contributed by atoms with Gasteiger partial charge < -0.3 is 10.4 Å². The van der Waals surface area contributed by atoms with Gasteiger partial charge in [-0.05, 0) is 24.1 Å². The minimum absolute atomic E-state index is 0.00902. The molecule has 1 aromatic carbocycles. The smallest absolute Gasteiger partial charge is 0.416 e. The molecule has 0 saturated heterocycles. The van der Waals surface area contributed by atoms with Crippen LogP contribution in [-0.2, 0) is 11.0 Å². The van der Waals surface area contributed by atoms with Crippen LogP contribution in [0.25, 0.3) is 0 Å². The second-order valence-corrected chi connectivity index (χ2v) is 5.12. The van der Waals surface area contributed by atoms with E-state index >= 15 is 0 Å². The molecule has 2 N–H and O–H groups in total. The molecule has 0 aromatic heterocycles. The molecule has 0 spiro atoms. The quantitative estimate of drug-likeness (QED) is 0.892. The van der Waals surface area contributed by atoms with Crippen molar-refractivity contribution >= 4 is 17.6 Å². The molecule has 0 heterocycles. The van der Waals surface area contributed by atoms with E-state index in [1.807, 2.05) is 0 Å². The Bertz CT molecular complexity index is 553. The first-order valence-corrected chi connectivity index (χ1v) is 6.28. The summed E-state index contributed by atoms with van der Waals surface area (Å²) in [6.07, 6.45) is -4.69. The number of halogens is 3. The lowest BCUT2D eigenvalue weighted by Crippen LogP contribution is -2.24. The van der Waals surface area contributed by atoms with E-state index in [0.717, 1.165) is 12.1 Å². The number of anilines is 1. The van der Waals surface area contributed by atoms with Gasteiger partial charge in [0, 0.05) is 11.6 Å². The number of hydrogen-bond acceptors (Lipinski definition) is 2. The SMILES string of the molecule is CC(C)C(C)C(=O)Nc1cc(C(=O)O)cc(C(F)(F)F)c1. The maximum atomic E-state index is 12.7. The molecule has 0 aliphatic rings. The Morgan fingerprint density at radius 2 is 1.71 bits per heavy atom. The van der Waals surface area contributed by atoms with E-state index in [9.17, 15) is 22.8 Å². The van der Waals surface area contributed by atoms with Crippen LogP contribution in [-0.4, -0.2) is 17.0 Å². The van der Waals surface area contributed by atoms with Gasteiger partial charge in [-0.15, -0.1) is 0 Å². The Labute approximate surface area is 120 Å². The molecule has 1 aromatic rings. The van der Waals surface area contributed by atoms with Crippen molar-refractivity contribution in [1.82, 2.24) is 0 Å². The highest BCUT2D eigenvalue weighted by Gasteiger charge is 2.32. The minimum atomic E-state index is -4.69. The van der Waals surface area contributed by atoms with Gasteiger partial charge in [-0.2, -0.15) is 13.2 Å². The summed E-state index contributed by atoms with van der Waals surface area (Å²) in [6.45, 7) is 5.25. The number of rotatable bonds is 4. The molecule has 1 atom stereocenters. The molecule has 0 saturated carbocycles. The number of carbonyl (C=O) groups excluding carboxylic acids is 1. The van der Waals surface area contributed by atoms with Crippen molar-refractivity contribution in [1.29, 1.82) is 0 Å². The zero-order valence-corrected chi connectivity index (χ0v) is 11.8. The Morgan fingerprint density at radius 1 is 1.14 bits per heavy atom. The molecule has 21 heavy (non-hydrogen) atoms. The van der Waals surface area contributed by atoms with E-state index in [0.29, 0.717) is 6.07 Å². The van der Waals surface area contributed by atoms with Crippen LogP contribution in [0.4, 0.5) is 18.9 Å². The van der Waals surface area contributed by atoms with Crippen LogP contribution in [0.5, 0.6) is 0 Å². The number of aromatic carboxylic acids is 1. The topological polar surface area (TPSA) is 66.4 Å². The fourth-order valence-electron chi connectivity index (χ4n) is 1.55. The third kappa shape index (κ3) is 4.47. The van der Waals surface area contributed by atoms with Gasteiger partial charge in [0.25, 0.3) is 0 Å². The predicted octanol–water partition coefficient (Wildman–Crippen LogP) is 3.63. The molecule has 0 radical (unpaired) electrons. The summed E-state index contributed by atoms with van der Waals surface area (Å²) in [5, 5.41) is 11.2. The first kappa shape index (κ1) is 17.0. The van der Waals surface area contributed by atoms with Gasteiger partial charge in [-0.25, -0.2) is 4.79 Å². The fourth-order valence-corrected chi connectivity index (χ4v) is 1.55. The number of alkyl halides is 3. The summed E-state index contributed by atoms with van der Waals surface area (Å²) in [7, 11) is 0. The number of benzene rings is 1. The van der Waals surface area contributed by atoms with Crippen LogP contribution >= 0.6 is 0 Å². The summed E-state index contributed by atoms with van der Waals surface area (Å²) in [5.74, 6) is -2.35. The summed E-state index contributed by atoms with van der Waals surface area (Å²) in [6, 6.07) is 2.25. The minimum Gasteiger partial charge on any atom is -0.478 e. The molecule has 0 aliphatic heterocycles. The summed E-state index contributed by atoms with van der Waals surface area (Å²) in [4.78, 5) is 22.7. The van der Waals surface area contributed by atoms with Crippen molar-refractivity contribution in [3.05, 3.63) is 29.3 Å². The molecule has 1 unspecified atom stereocenters. The Hall–Kier alpha value is -2.05. The molecule has 116 valence electrons. The molecular weight excluding hydrogens is 287 g/mol. The second-order valence-electron chi connectivity index (χ2n) is 5.12. The lowest BCUT2D eigenvalue weighted by Gasteiger charge is -2.16. The van der Waals surface area contributed by atoms with Crippen molar-refractivity contribution < 1.29 is 27.9 Å². The first-order chi connectivity index (χ1) is 9.52. The molecule has 0 fully saturated rings. The number of nitrogens with one attached hydrogen (secondary N) is 1. The van der Waals surface area contributed by atoms with Crippen molar-refractivity contribution in [2.75, 3.05) is 5.32 Å². The van der Waals surface area contributed by atoms with Gasteiger partial charge in [0.1, 0.15) is 0 Å². The van der Waals surface area contributed by atoms with Gasteiger partial charge in [0.15, 0.2) is 0 Å². The average Bonchev–Trinajstić information content (AvgIpc) is 2.36. The van der Waals surface area contributed by atoms with E-state index in [4.69, 9.17) is 5.11 Å². The van der Waals surface area contributed by atoms with Crippen LogP contribution in [0.1, 0.15) is 36.7 Å². The molecule has 4 nitrogen and oxygen atoms in total. The largest absolute Gasteiger partial charge is 0.478 e. The molecular formula is C14H16F3NO3. The fraction of sp³-hybridized carbons (Fsp3) is 0.429. The van der Waals surface area contributed by atoms with Gasteiger partial charge in [-0.3, -0.25) is 4.79 Å². The van der Waals surface area contributed by atoms with Gasteiger partial charge >= 0.3 is 12.1 Å². The lowest BCUT2D eigenvalue weighted by molar-refractivity contribution is -0.137. The summed E-state index contributed by atoms with van der Waals surface area (Å²) < 4.78 is 38.2. The van der Waals surface area contributed by atoms with Crippen molar-refractivity contribution in [2.24, 2.45) is 11.8 Å². The molecule has 1 rings (SSSR count). The number of carbonyl (C=O) groups is 2. The zero-order valence-electron chi connectivity index (χ0n) is 11.8. The average molecular weight is 303 g/mol. The molecule has 7 heteroatoms. The highest BCUT2D eigenvalue weighted by Crippen LogP contribution is 2.32. The number of hydrogen-bond donors (Lipinski definition) is 2. The highest BCUT2D eigenvalue weighted by molar-refractivity contribution is 5.95. The third-order valence-electron chi connectivity index (χ3n) is 3.19. The van der Waals surface area contributed by atoms with Crippen LogP contribution in [0.3, 0.4) is 0 Å². The van der Waals surface area contributed by atoms with Gasteiger partial charge in [0.05, 0.1) is 11.1 Å². The Morgan fingerprint density at radius 3 is 2.14 bits per heavy atom. The predicted molar refractivity (Wildman–Crippen MR) is 71.0 cm³/mol. The standard InChI is InChI=1S/C14H16F3NO3/c1-7(2)8(3)12(19)18-11-5-9(13(20)21)4-10(6-11)14(15,16)17/h4-8H,1-3H3,(H,18,19)(H,20,21). The third-order valence-corrected chi connectivity index (χ3v) is 3.19. The number of carboxylic acid groups (broad SMARTS) is 1. The monoisotopic (exact) mass is 303 g/mol. The van der Waals surface area contributed by atoms with Crippen molar-refractivity contribution in [3.63, 3.8) is 0 Å². The van der Waals surface area contributed by atoms with E-state index in [2.05, 4.69) is 5.32 Å². The van der Waals surface area contributed by atoms with E-state index in [-0.39, 0.29) is 11.6 Å². The summed E-state index contributed by atoms with van der Waals surface area (Å²) >= 11 is 0. The summed E-state index contributed by atoms with van der Waals surface area (Å²) in [5.41, 5.74) is -1.83. The Balaban J connectivity index is 3.15. The highest BCUT2D eigenvalue weighted by atomic mass is 19.4. The van der Waals surface area contributed by atoms with Crippen LogP contribution in [0.15, 0.2) is 18.2 Å². The first-order valence-electron chi connectivity index (χ1n) is 6.28. The van der Waals surface area contributed by atoms with Gasteiger partial charge in [-0.1, -0.05) is 20.8 Å². The van der Waals surface area contributed by atoms with Crippen molar-refractivity contribution in [3.8, 4) is 0 Å². The van der Waals surface area contributed by atoms with Gasteiger partial charge in [0.2, 0.25) is 5.91 Å². The van der Waals surface area contributed by atoms with Crippen LogP contribution < -0.4 is 5.32 Å². The maximum absolute atomic E-state index is 12.7. The van der Waals surface area contributed by atoms with E-state index in [1.54, 1.807) is 20.8 Å². The second kappa shape index (κ2) is 6.15. The number of amides is 1. The number of carboxylic acids is 1. The zero-order chi connectivity index (χ0) is 16.4.